The van der Waals surface area contributed by atoms with E-state index >= 15 is 0 Å². The summed E-state index contributed by atoms with van der Waals surface area (Å²) in [5.74, 6) is 0.529. The monoisotopic (exact) mass is 128 g/mol. The topological polar surface area (TPSA) is 40.5 Å². The van der Waals surface area contributed by atoms with Crippen molar-refractivity contribution in [3.8, 4) is 0 Å². The van der Waals surface area contributed by atoms with Gasteiger partial charge in [-0.25, -0.2) is 0 Å². The largest absolute Gasteiger partial charge is 0.393 e. The zero-order chi connectivity index (χ0) is 6.48. The molecule has 0 radical (unpaired) electrons. The molecular formula is C7H12O2. The number of hydrogen-bond donors (Lipinski definition) is 2. The van der Waals surface area contributed by atoms with Crippen molar-refractivity contribution in [2.24, 2.45) is 5.92 Å². The first-order chi connectivity index (χ1) is 4.21. The maximum absolute atomic E-state index is 9.56. The van der Waals surface area contributed by atoms with Crippen molar-refractivity contribution < 1.29 is 10.2 Å². The number of aliphatic hydroxyl groups excluding tert-OH is 1. The molecule has 0 bridgehead atoms. The molecule has 0 aromatic rings. The summed E-state index contributed by atoms with van der Waals surface area (Å²) in [6.07, 6.45) is 3.37. The molecule has 0 aromatic carbocycles. The molecule has 0 aromatic heterocycles. The van der Waals surface area contributed by atoms with Gasteiger partial charge in [0.1, 0.15) is 0 Å². The third kappa shape index (κ3) is 0.775. The lowest BCUT2D eigenvalue weighted by Gasteiger charge is -2.41. The summed E-state index contributed by atoms with van der Waals surface area (Å²) in [5, 5.41) is 18.5. The lowest BCUT2D eigenvalue weighted by molar-refractivity contribution is -0.126. The molecule has 2 fully saturated rings. The van der Waals surface area contributed by atoms with Gasteiger partial charge in [0.2, 0.25) is 0 Å². The Bertz CT molecular complexity index is 123. The molecule has 0 heterocycles. The summed E-state index contributed by atoms with van der Waals surface area (Å²) < 4.78 is 0. The Morgan fingerprint density at radius 2 is 1.78 bits per heavy atom. The van der Waals surface area contributed by atoms with Gasteiger partial charge >= 0.3 is 0 Å². The summed E-state index contributed by atoms with van der Waals surface area (Å²) in [4.78, 5) is 0. The molecule has 2 rings (SSSR count). The van der Waals surface area contributed by atoms with E-state index in [1.54, 1.807) is 0 Å². The zero-order valence-corrected chi connectivity index (χ0v) is 5.38. The van der Waals surface area contributed by atoms with Crippen molar-refractivity contribution in [2.45, 2.75) is 37.4 Å². The number of aliphatic hydroxyl groups is 2. The van der Waals surface area contributed by atoms with Crippen LogP contribution in [0.25, 0.3) is 0 Å². The Hall–Kier alpha value is -0.0800. The van der Waals surface area contributed by atoms with Crippen molar-refractivity contribution >= 4 is 0 Å². The van der Waals surface area contributed by atoms with E-state index in [4.69, 9.17) is 5.11 Å². The molecule has 0 spiro atoms. The summed E-state index contributed by atoms with van der Waals surface area (Å²) >= 11 is 0. The van der Waals surface area contributed by atoms with E-state index in [2.05, 4.69) is 0 Å². The first-order valence-corrected chi connectivity index (χ1v) is 3.61. The van der Waals surface area contributed by atoms with E-state index in [-0.39, 0.29) is 6.10 Å². The van der Waals surface area contributed by atoms with Gasteiger partial charge in [0.25, 0.3) is 0 Å². The Balaban J connectivity index is 1.94. The molecule has 0 aliphatic heterocycles. The van der Waals surface area contributed by atoms with Crippen molar-refractivity contribution in [3.05, 3.63) is 0 Å². The summed E-state index contributed by atoms with van der Waals surface area (Å²) in [6.45, 7) is 0. The second-order valence-electron chi connectivity index (χ2n) is 3.44. The molecule has 9 heavy (non-hydrogen) atoms. The molecule has 2 nitrogen and oxygen atoms in total. The fourth-order valence-corrected chi connectivity index (χ4v) is 1.71. The Morgan fingerprint density at radius 1 is 1.22 bits per heavy atom. The van der Waals surface area contributed by atoms with Crippen molar-refractivity contribution in [3.63, 3.8) is 0 Å². The summed E-state index contributed by atoms with van der Waals surface area (Å²) in [5.41, 5.74) is -0.445. The first-order valence-electron chi connectivity index (χ1n) is 3.61. The van der Waals surface area contributed by atoms with Crippen molar-refractivity contribution in [1.29, 1.82) is 0 Å². The van der Waals surface area contributed by atoms with Crippen LogP contribution in [0, 0.1) is 5.92 Å². The predicted octanol–water partition coefficient (Wildman–Crippen LogP) is 0.282. The van der Waals surface area contributed by atoms with Gasteiger partial charge in [0, 0.05) is 12.8 Å². The van der Waals surface area contributed by atoms with Crippen LogP contribution in [0.2, 0.25) is 0 Å². The van der Waals surface area contributed by atoms with Gasteiger partial charge in [-0.05, 0) is 18.8 Å². The molecule has 0 saturated heterocycles. The van der Waals surface area contributed by atoms with Crippen LogP contribution in [-0.4, -0.2) is 21.9 Å². The smallest absolute Gasteiger partial charge is 0.0725 e. The lowest BCUT2D eigenvalue weighted by atomic mass is 9.74. The molecule has 52 valence electrons. The molecule has 2 heteroatoms. The van der Waals surface area contributed by atoms with Crippen LogP contribution < -0.4 is 0 Å². The maximum atomic E-state index is 9.56. The normalized spacial score (nSPS) is 50.7. The summed E-state index contributed by atoms with van der Waals surface area (Å²) in [7, 11) is 0. The molecule has 0 unspecified atom stereocenters. The quantitative estimate of drug-likeness (QED) is 0.532. The second kappa shape index (κ2) is 1.50. The second-order valence-corrected chi connectivity index (χ2v) is 3.44. The van der Waals surface area contributed by atoms with Gasteiger partial charge in [-0.15, -0.1) is 0 Å². The van der Waals surface area contributed by atoms with E-state index in [1.165, 1.54) is 12.8 Å². The lowest BCUT2D eigenvalue weighted by Crippen LogP contribution is -2.48. The van der Waals surface area contributed by atoms with E-state index < -0.39 is 5.60 Å². The van der Waals surface area contributed by atoms with E-state index in [9.17, 15) is 5.11 Å². The standard InChI is InChI=1S/C7H12O2/c8-6-3-7(9,4-6)5-1-2-5/h5-6,8-9H,1-4H2. The average molecular weight is 128 g/mol. The highest BCUT2D eigenvalue weighted by Gasteiger charge is 2.51. The highest BCUT2D eigenvalue weighted by Crippen LogP contribution is 2.50. The molecular weight excluding hydrogens is 116 g/mol. The maximum Gasteiger partial charge on any atom is 0.0725 e. The molecule has 2 N–H and O–H groups in total. The van der Waals surface area contributed by atoms with Gasteiger partial charge in [0.15, 0.2) is 0 Å². The van der Waals surface area contributed by atoms with E-state index in [0.717, 1.165) is 0 Å². The van der Waals surface area contributed by atoms with Crippen LogP contribution in [-0.2, 0) is 0 Å². The fourth-order valence-electron chi connectivity index (χ4n) is 1.71. The zero-order valence-electron chi connectivity index (χ0n) is 5.38. The fraction of sp³-hybridized carbons (Fsp3) is 1.00. The minimum atomic E-state index is -0.445. The highest BCUT2D eigenvalue weighted by molar-refractivity contribution is 5.03. The highest BCUT2D eigenvalue weighted by atomic mass is 16.3. The molecule has 2 saturated carbocycles. The van der Waals surface area contributed by atoms with E-state index in [0.29, 0.717) is 18.8 Å². The molecule has 2 aliphatic carbocycles. The SMILES string of the molecule is OC1CC(O)(C2CC2)C1. The van der Waals surface area contributed by atoms with Gasteiger partial charge in [-0.2, -0.15) is 0 Å². The van der Waals surface area contributed by atoms with Crippen LogP contribution in [0.15, 0.2) is 0 Å². The van der Waals surface area contributed by atoms with E-state index in [1.807, 2.05) is 0 Å². The van der Waals surface area contributed by atoms with Crippen LogP contribution in [0.4, 0.5) is 0 Å². The average Bonchev–Trinajstić information content (AvgIpc) is 2.39. The first kappa shape index (κ1) is 5.69. The third-order valence-electron chi connectivity index (χ3n) is 2.52. The van der Waals surface area contributed by atoms with Crippen LogP contribution in [0.1, 0.15) is 25.7 Å². The van der Waals surface area contributed by atoms with Crippen LogP contribution >= 0.6 is 0 Å². The van der Waals surface area contributed by atoms with Crippen LogP contribution in [0.5, 0.6) is 0 Å². The van der Waals surface area contributed by atoms with Crippen molar-refractivity contribution in [2.75, 3.05) is 0 Å². The van der Waals surface area contributed by atoms with Gasteiger partial charge < -0.3 is 10.2 Å². The molecule has 0 amide bonds. The third-order valence-corrected chi connectivity index (χ3v) is 2.52. The molecule has 0 atom stereocenters. The van der Waals surface area contributed by atoms with Gasteiger partial charge in [-0.1, -0.05) is 0 Å². The Morgan fingerprint density at radius 3 is 2.11 bits per heavy atom. The van der Waals surface area contributed by atoms with Gasteiger partial charge in [0.05, 0.1) is 11.7 Å². The Kier molecular flexibility index (Phi) is 0.945. The van der Waals surface area contributed by atoms with Gasteiger partial charge in [-0.3, -0.25) is 0 Å². The predicted molar refractivity (Wildman–Crippen MR) is 32.9 cm³/mol. The number of rotatable bonds is 1. The minimum absolute atomic E-state index is 0.212. The minimum Gasteiger partial charge on any atom is -0.393 e. The van der Waals surface area contributed by atoms with Crippen LogP contribution in [0.3, 0.4) is 0 Å². The number of hydrogen-bond acceptors (Lipinski definition) is 2. The van der Waals surface area contributed by atoms with Crippen molar-refractivity contribution in [1.82, 2.24) is 0 Å². The summed E-state index contributed by atoms with van der Waals surface area (Å²) in [6, 6.07) is 0. The molecule has 2 aliphatic rings. The Labute approximate surface area is 54.5 Å².